The first-order chi connectivity index (χ1) is 8.34. The van der Waals surface area contributed by atoms with Crippen molar-refractivity contribution < 1.29 is 4.42 Å². The van der Waals surface area contributed by atoms with Crippen molar-refractivity contribution in [3.63, 3.8) is 0 Å². The predicted molar refractivity (Wildman–Crippen MR) is 75.1 cm³/mol. The lowest BCUT2D eigenvalue weighted by molar-refractivity contribution is 0.540. The van der Waals surface area contributed by atoms with Gasteiger partial charge in [0.2, 0.25) is 5.89 Å². The average molecular weight is 243 g/mol. The molecule has 2 heteroatoms. The largest absolute Gasteiger partial charge is 0.441 e. The molecule has 0 unspecified atom stereocenters. The molecule has 0 fully saturated rings. The van der Waals surface area contributed by atoms with Crippen LogP contribution in [0.4, 0.5) is 0 Å². The lowest BCUT2D eigenvalue weighted by atomic mass is 9.89. The van der Waals surface area contributed by atoms with E-state index in [0.29, 0.717) is 0 Å². The monoisotopic (exact) mass is 243 g/mol. The van der Waals surface area contributed by atoms with Crippen molar-refractivity contribution in [2.75, 3.05) is 0 Å². The van der Waals surface area contributed by atoms with Crippen LogP contribution in [0.1, 0.15) is 39.3 Å². The molecule has 1 aromatic heterocycles. The molecular weight excluding hydrogens is 222 g/mol. The van der Waals surface area contributed by atoms with Gasteiger partial charge in [0.1, 0.15) is 5.76 Å². The minimum atomic E-state index is 0.756. The third-order valence-corrected chi connectivity index (χ3v) is 4.24. The van der Waals surface area contributed by atoms with E-state index in [1.165, 1.54) is 27.8 Å². The van der Waals surface area contributed by atoms with Gasteiger partial charge in [-0.1, -0.05) is 0 Å². The highest BCUT2D eigenvalue weighted by Crippen LogP contribution is 2.34. The first-order valence-electron chi connectivity index (χ1n) is 6.36. The second kappa shape index (κ2) is 4.27. The summed E-state index contributed by atoms with van der Waals surface area (Å²) in [4.78, 5) is 4.55. The Labute approximate surface area is 109 Å². The van der Waals surface area contributed by atoms with Crippen LogP contribution in [-0.2, 0) is 0 Å². The van der Waals surface area contributed by atoms with Gasteiger partial charge in [0.15, 0.2) is 0 Å². The Bertz CT molecular complexity index is 572. The maximum atomic E-state index is 5.80. The van der Waals surface area contributed by atoms with E-state index in [1.54, 1.807) is 0 Å². The van der Waals surface area contributed by atoms with E-state index in [-0.39, 0.29) is 0 Å². The molecule has 2 rings (SSSR count). The van der Waals surface area contributed by atoms with Crippen LogP contribution in [0.2, 0.25) is 0 Å². The van der Waals surface area contributed by atoms with Crippen molar-refractivity contribution in [2.45, 2.75) is 48.5 Å². The molecule has 0 saturated carbocycles. The van der Waals surface area contributed by atoms with E-state index in [1.807, 2.05) is 13.8 Å². The highest BCUT2D eigenvalue weighted by molar-refractivity contribution is 5.69. The highest BCUT2D eigenvalue weighted by Gasteiger charge is 2.18. The maximum absolute atomic E-state index is 5.80. The van der Waals surface area contributed by atoms with E-state index >= 15 is 0 Å². The summed E-state index contributed by atoms with van der Waals surface area (Å²) < 4.78 is 5.80. The molecular formula is C16H21NO. The predicted octanol–water partition coefficient (Wildman–Crippen LogP) is 4.50. The van der Waals surface area contributed by atoms with Crippen LogP contribution >= 0.6 is 0 Å². The molecule has 0 spiro atoms. The van der Waals surface area contributed by atoms with Gasteiger partial charge in [-0.2, -0.15) is 0 Å². The van der Waals surface area contributed by atoms with E-state index in [9.17, 15) is 0 Å². The van der Waals surface area contributed by atoms with Crippen molar-refractivity contribution in [3.8, 4) is 11.5 Å². The smallest absolute Gasteiger partial charge is 0.227 e. The van der Waals surface area contributed by atoms with E-state index in [4.69, 9.17) is 4.42 Å². The molecule has 1 aromatic carbocycles. The van der Waals surface area contributed by atoms with E-state index in [2.05, 4.69) is 39.6 Å². The van der Waals surface area contributed by atoms with Crippen LogP contribution in [0.3, 0.4) is 0 Å². The summed E-state index contributed by atoms with van der Waals surface area (Å²) in [6, 6.07) is 0. The number of rotatable bonds is 1. The molecule has 0 bridgehead atoms. The summed E-state index contributed by atoms with van der Waals surface area (Å²) in [5, 5.41) is 0. The number of nitrogens with zero attached hydrogens (tertiary/aromatic N) is 1. The van der Waals surface area contributed by atoms with Crippen LogP contribution in [0.15, 0.2) is 4.42 Å². The highest BCUT2D eigenvalue weighted by atomic mass is 16.4. The molecule has 0 aliphatic rings. The Morgan fingerprint density at radius 3 is 1.50 bits per heavy atom. The van der Waals surface area contributed by atoms with Crippen LogP contribution in [0.25, 0.3) is 11.5 Å². The molecule has 2 nitrogen and oxygen atoms in total. The second-order valence-electron chi connectivity index (χ2n) is 5.16. The topological polar surface area (TPSA) is 26.0 Å². The summed E-state index contributed by atoms with van der Waals surface area (Å²) in [5.41, 5.74) is 8.72. The van der Waals surface area contributed by atoms with Crippen LogP contribution in [-0.4, -0.2) is 4.98 Å². The number of aryl methyl sites for hydroxylation is 2. The normalized spacial score (nSPS) is 11.1. The molecule has 96 valence electrons. The zero-order valence-corrected chi connectivity index (χ0v) is 12.4. The van der Waals surface area contributed by atoms with Crippen LogP contribution in [0.5, 0.6) is 0 Å². The fourth-order valence-electron chi connectivity index (χ4n) is 2.40. The third-order valence-electron chi connectivity index (χ3n) is 4.24. The molecule has 0 aliphatic carbocycles. The number of benzene rings is 1. The maximum Gasteiger partial charge on any atom is 0.227 e. The van der Waals surface area contributed by atoms with Gasteiger partial charge < -0.3 is 4.42 Å². The van der Waals surface area contributed by atoms with Crippen molar-refractivity contribution in [2.24, 2.45) is 0 Å². The Morgan fingerprint density at radius 2 is 1.11 bits per heavy atom. The summed E-state index contributed by atoms with van der Waals surface area (Å²) >= 11 is 0. The van der Waals surface area contributed by atoms with Gasteiger partial charge >= 0.3 is 0 Å². The van der Waals surface area contributed by atoms with Crippen LogP contribution < -0.4 is 0 Å². The number of oxazole rings is 1. The van der Waals surface area contributed by atoms with Gasteiger partial charge in [0, 0.05) is 5.56 Å². The molecule has 0 atom stereocenters. The quantitative estimate of drug-likeness (QED) is 0.737. The molecule has 0 N–H and O–H groups in total. The van der Waals surface area contributed by atoms with Crippen molar-refractivity contribution in [1.29, 1.82) is 0 Å². The van der Waals surface area contributed by atoms with Crippen molar-refractivity contribution >= 4 is 0 Å². The van der Waals surface area contributed by atoms with Gasteiger partial charge in [-0.25, -0.2) is 4.98 Å². The summed E-state index contributed by atoms with van der Waals surface area (Å²) in [5.74, 6) is 1.66. The Balaban J connectivity index is 2.79. The molecule has 0 aliphatic heterocycles. The first-order valence-corrected chi connectivity index (χ1v) is 6.36. The van der Waals surface area contributed by atoms with Gasteiger partial charge in [0.05, 0.1) is 5.69 Å². The average Bonchev–Trinajstić information content (AvgIpc) is 2.64. The third kappa shape index (κ3) is 1.76. The SMILES string of the molecule is Cc1nc(-c2c(C)c(C)c(C)c(C)c2C)oc1C. The second-order valence-corrected chi connectivity index (χ2v) is 5.16. The lowest BCUT2D eigenvalue weighted by Crippen LogP contribution is -1.99. The van der Waals surface area contributed by atoms with Gasteiger partial charge in [-0.3, -0.25) is 0 Å². The van der Waals surface area contributed by atoms with Crippen molar-refractivity contribution in [1.82, 2.24) is 4.98 Å². The summed E-state index contributed by atoms with van der Waals surface area (Å²) in [6.07, 6.45) is 0. The molecule has 18 heavy (non-hydrogen) atoms. The Morgan fingerprint density at radius 1 is 0.667 bits per heavy atom. The van der Waals surface area contributed by atoms with E-state index in [0.717, 1.165) is 22.9 Å². The zero-order chi connectivity index (χ0) is 13.6. The number of aromatic nitrogens is 1. The fourth-order valence-corrected chi connectivity index (χ4v) is 2.40. The van der Waals surface area contributed by atoms with Gasteiger partial charge in [-0.05, 0) is 76.3 Å². The standard InChI is InChI=1S/C16H21NO/c1-8-9(2)11(4)15(12(5)10(8)3)16-17-13(6)14(7)18-16/h1-7H3. The van der Waals surface area contributed by atoms with Crippen molar-refractivity contribution in [3.05, 3.63) is 39.3 Å². The Hall–Kier alpha value is -1.57. The van der Waals surface area contributed by atoms with Gasteiger partial charge in [0.25, 0.3) is 0 Å². The number of hydrogen-bond donors (Lipinski definition) is 0. The molecule has 1 heterocycles. The Kier molecular flexibility index (Phi) is 3.05. The summed E-state index contributed by atoms with van der Waals surface area (Å²) in [7, 11) is 0. The molecule has 0 saturated heterocycles. The molecule has 2 aromatic rings. The fraction of sp³-hybridized carbons (Fsp3) is 0.438. The zero-order valence-electron chi connectivity index (χ0n) is 12.4. The minimum Gasteiger partial charge on any atom is -0.441 e. The molecule has 0 amide bonds. The minimum absolute atomic E-state index is 0.756. The number of hydrogen-bond acceptors (Lipinski definition) is 2. The van der Waals surface area contributed by atoms with E-state index < -0.39 is 0 Å². The lowest BCUT2D eigenvalue weighted by Gasteiger charge is -2.16. The molecule has 0 radical (unpaired) electrons. The van der Waals surface area contributed by atoms with Crippen LogP contribution in [0, 0.1) is 48.5 Å². The summed E-state index contributed by atoms with van der Waals surface area (Å²) in [6.45, 7) is 14.8. The first kappa shape index (κ1) is 12.9. The van der Waals surface area contributed by atoms with Gasteiger partial charge in [-0.15, -0.1) is 0 Å².